The van der Waals surface area contributed by atoms with Gasteiger partial charge in [0.25, 0.3) is 0 Å². The van der Waals surface area contributed by atoms with Crippen LogP contribution in [0.15, 0.2) is 0 Å². The summed E-state index contributed by atoms with van der Waals surface area (Å²) in [7, 11) is 0. The lowest BCUT2D eigenvalue weighted by Gasteiger charge is -2.53. The average molecular weight is 171 g/mol. The Morgan fingerprint density at radius 1 is 1.42 bits per heavy atom. The lowest BCUT2D eigenvalue weighted by Crippen LogP contribution is -2.55. The Kier molecular flexibility index (Phi) is 2.50. The number of rotatable bonds is 3. The van der Waals surface area contributed by atoms with E-state index in [2.05, 4.69) is 20.8 Å². The Morgan fingerprint density at radius 3 is 2.17 bits per heavy atom. The van der Waals surface area contributed by atoms with Crippen LogP contribution in [0.3, 0.4) is 0 Å². The maximum absolute atomic E-state index is 10.1. The first-order chi connectivity index (χ1) is 5.43. The highest BCUT2D eigenvalue weighted by atomic mass is 16.3. The van der Waals surface area contributed by atoms with Crippen molar-refractivity contribution in [3.8, 4) is 0 Å². The standard InChI is InChI=1S/C10H21NO/c1-4-8(5-11)10(12)6-9(2,3)7-10/h8,12H,4-7,11H2,1-3H3. The van der Waals surface area contributed by atoms with Gasteiger partial charge in [-0.15, -0.1) is 0 Å². The van der Waals surface area contributed by atoms with Gasteiger partial charge in [-0.05, 0) is 37.1 Å². The molecule has 0 heterocycles. The summed E-state index contributed by atoms with van der Waals surface area (Å²) in [6, 6.07) is 0. The summed E-state index contributed by atoms with van der Waals surface area (Å²) in [5, 5.41) is 10.1. The molecule has 0 bridgehead atoms. The lowest BCUT2D eigenvalue weighted by molar-refractivity contribution is -0.149. The molecule has 0 aromatic rings. The molecule has 0 aliphatic heterocycles. The van der Waals surface area contributed by atoms with E-state index in [1.807, 2.05) is 0 Å². The van der Waals surface area contributed by atoms with E-state index in [0.717, 1.165) is 19.3 Å². The first-order valence-corrected chi connectivity index (χ1v) is 4.86. The van der Waals surface area contributed by atoms with E-state index in [-0.39, 0.29) is 0 Å². The largest absolute Gasteiger partial charge is 0.390 e. The van der Waals surface area contributed by atoms with Crippen molar-refractivity contribution in [3.05, 3.63) is 0 Å². The fraction of sp³-hybridized carbons (Fsp3) is 1.00. The highest BCUT2D eigenvalue weighted by molar-refractivity contribution is 5.03. The van der Waals surface area contributed by atoms with Crippen molar-refractivity contribution in [3.63, 3.8) is 0 Å². The van der Waals surface area contributed by atoms with Crippen molar-refractivity contribution in [1.29, 1.82) is 0 Å². The highest BCUT2D eigenvalue weighted by Crippen LogP contribution is 2.51. The van der Waals surface area contributed by atoms with Gasteiger partial charge in [0.1, 0.15) is 0 Å². The van der Waals surface area contributed by atoms with E-state index in [4.69, 9.17) is 5.73 Å². The van der Waals surface area contributed by atoms with E-state index in [1.165, 1.54) is 0 Å². The molecule has 1 saturated carbocycles. The van der Waals surface area contributed by atoms with Gasteiger partial charge in [0.2, 0.25) is 0 Å². The second kappa shape index (κ2) is 3.00. The van der Waals surface area contributed by atoms with E-state index < -0.39 is 5.60 Å². The van der Waals surface area contributed by atoms with Crippen LogP contribution in [-0.4, -0.2) is 17.3 Å². The van der Waals surface area contributed by atoms with Gasteiger partial charge in [-0.2, -0.15) is 0 Å². The lowest BCUT2D eigenvalue weighted by atomic mass is 9.56. The Bertz CT molecular complexity index is 153. The summed E-state index contributed by atoms with van der Waals surface area (Å²) >= 11 is 0. The quantitative estimate of drug-likeness (QED) is 0.676. The fourth-order valence-corrected chi connectivity index (χ4v) is 2.66. The highest BCUT2D eigenvalue weighted by Gasteiger charge is 2.51. The van der Waals surface area contributed by atoms with Gasteiger partial charge >= 0.3 is 0 Å². The first-order valence-electron chi connectivity index (χ1n) is 4.86. The summed E-state index contributed by atoms with van der Waals surface area (Å²) in [5.41, 5.74) is 5.49. The molecule has 12 heavy (non-hydrogen) atoms. The maximum atomic E-state index is 10.1. The zero-order chi connectivity index (χ0) is 9.41. The molecule has 1 atom stereocenters. The van der Waals surface area contributed by atoms with Gasteiger partial charge in [0.05, 0.1) is 5.60 Å². The SMILES string of the molecule is CCC(CN)C1(O)CC(C)(C)C1. The third-order valence-corrected chi connectivity index (χ3v) is 3.11. The third kappa shape index (κ3) is 1.64. The number of hydrogen-bond donors (Lipinski definition) is 2. The van der Waals surface area contributed by atoms with Gasteiger partial charge in [-0.25, -0.2) is 0 Å². The van der Waals surface area contributed by atoms with Crippen LogP contribution in [0.2, 0.25) is 0 Å². The Hall–Kier alpha value is -0.0800. The Morgan fingerprint density at radius 2 is 1.92 bits per heavy atom. The van der Waals surface area contributed by atoms with Crippen LogP contribution in [0.25, 0.3) is 0 Å². The van der Waals surface area contributed by atoms with Crippen molar-refractivity contribution in [2.45, 2.75) is 45.6 Å². The van der Waals surface area contributed by atoms with Crippen LogP contribution in [-0.2, 0) is 0 Å². The van der Waals surface area contributed by atoms with Crippen molar-refractivity contribution in [2.75, 3.05) is 6.54 Å². The smallest absolute Gasteiger partial charge is 0.0697 e. The zero-order valence-corrected chi connectivity index (χ0v) is 8.43. The van der Waals surface area contributed by atoms with Crippen LogP contribution in [0.5, 0.6) is 0 Å². The molecular formula is C10H21NO. The van der Waals surface area contributed by atoms with Gasteiger partial charge in [0, 0.05) is 0 Å². The van der Waals surface area contributed by atoms with Crippen LogP contribution in [0, 0.1) is 11.3 Å². The molecule has 0 aromatic carbocycles. The Labute approximate surface area is 75.2 Å². The van der Waals surface area contributed by atoms with Crippen LogP contribution in [0.4, 0.5) is 0 Å². The molecule has 1 aliphatic rings. The minimum absolute atomic E-state index is 0.297. The predicted octanol–water partition coefficient (Wildman–Crippen LogP) is 1.52. The van der Waals surface area contributed by atoms with Gasteiger partial charge in [-0.3, -0.25) is 0 Å². The molecule has 2 nitrogen and oxygen atoms in total. The minimum Gasteiger partial charge on any atom is -0.390 e. The number of nitrogens with two attached hydrogens (primary N) is 1. The zero-order valence-electron chi connectivity index (χ0n) is 8.43. The maximum Gasteiger partial charge on any atom is 0.0697 e. The molecule has 1 aliphatic carbocycles. The summed E-state index contributed by atoms with van der Waals surface area (Å²) in [5.74, 6) is 0.297. The molecule has 0 radical (unpaired) electrons. The molecule has 3 N–H and O–H groups in total. The second-order valence-corrected chi connectivity index (χ2v) is 4.96. The van der Waals surface area contributed by atoms with Gasteiger partial charge in [0.15, 0.2) is 0 Å². The molecule has 1 rings (SSSR count). The van der Waals surface area contributed by atoms with Gasteiger partial charge in [-0.1, -0.05) is 20.8 Å². The van der Waals surface area contributed by atoms with Crippen LogP contribution >= 0.6 is 0 Å². The van der Waals surface area contributed by atoms with Crippen LogP contribution < -0.4 is 5.73 Å². The molecule has 0 aromatic heterocycles. The Balaban J connectivity index is 2.53. The summed E-state index contributed by atoms with van der Waals surface area (Å²) in [4.78, 5) is 0. The topological polar surface area (TPSA) is 46.2 Å². The van der Waals surface area contributed by atoms with Crippen molar-refractivity contribution in [1.82, 2.24) is 0 Å². The third-order valence-electron chi connectivity index (χ3n) is 3.11. The summed E-state index contributed by atoms with van der Waals surface area (Å²) < 4.78 is 0. The minimum atomic E-state index is -0.451. The molecule has 0 amide bonds. The van der Waals surface area contributed by atoms with Crippen molar-refractivity contribution < 1.29 is 5.11 Å². The monoisotopic (exact) mass is 171 g/mol. The van der Waals surface area contributed by atoms with E-state index >= 15 is 0 Å². The van der Waals surface area contributed by atoms with E-state index in [0.29, 0.717) is 17.9 Å². The molecule has 72 valence electrons. The molecule has 0 spiro atoms. The van der Waals surface area contributed by atoms with Gasteiger partial charge < -0.3 is 10.8 Å². The molecular weight excluding hydrogens is 150 g/mol. The van der Waals surface area contributed by atoms with E-state index in [1.54, 1.807) is 0 Å². The first kappa shape index (κ1) is 10.0. The second-order valence-electron chi connectivity index (χ2n) is 4.96. The molecule has 2 heteroatoms. The number of hydrogen-bond acceptors (Lipinski definition) is 2. The molecule has 1 fully saturated rings. The van der Waals surface area contributed by atoms with Crippen molar-refractivity contribution in [2.24, 2.45) is 17.1 Å². The molecule has 1 unspecified atom stereocenters. The van der Waals surface area contributed by atoms with Crippen molar-refractivity contribution >= 4 is 0 Å². The van der Waals surface area contributed by atoms with E-state index in [9.17, 15) is 5.11 Å². The summed E-state index contributed by atoms with van der Waals surface area (Å²) in [6.07, 6.45) is 2.81. The number of aliphatic hydroxyl groups is 1. The summed E-state index contributed by atoms with van der Waals surface area (Å²) in [6.45, 7) is 7.11. The average Bonchev–Trinajstić information content (AvgIpc) is 1.85. The fourth-order valence-electron chi connectivity index (χ4n) is 2.66. The van der Waals surface area contributed by atoms with Crippen LogP contribution in [0.1, 0.15) is 40.0 Å². The normalized spacial score (nSPS) is 27.8. The molecule has 0 saturated heterocycles. The predicted molar refractivity (Wildman–Crippen MR) is 50.8 cm³/mol.